The van der Waals surface area contributed by atoms with Gasteiger partial charge in [0.05, 0.1) is 0 Å². The van der Waals surface area contributed by atoms with E-state index in [0.717, 1.165) is 27.9 Å². The van der Waals surface area contributed by atoms with Crippen molar-refractivity contribution < 1.29 is 14.0 Å². The van der Waals surface area contributed by atoms with Crippen molar-refractivity contribution in [2.75, 3.05) is 5.32 Å². The van der Waals surface area contributed by atoms with Crippen LogP contribution < -0.4 is 10.6 Å². The molecule has 0 unspecified atom stereocenters. The molecule has 0 radical (unpaired) electrons. The highest BCUT2D eigenvalue weighted by Gasteiger charge is 2.33. The van der Waals surface area contributed by atoms with Gasteiger partial charge in [0.2, 0.25) is 5.91 Å². The van der Waals surface area contributed by atoms with Crippen LogP contribution in [0.25, 0.3) is 11.1 Å². The predicted octanol–water partition coefficient (Wildman–Crippen LogP) is 5.81. The number of carbonyl (C=O) groups is 2. The molecule has 0 saturated carbocycles. The summed E-state index contributed by atoms with van der Waals surface area (Å²) in [7, 11) is 1.66. The molecule has 0 aliphatic rings. The first-order valence-electron chi connectivity index (χ1n) is 13.2. The van der Waals surface area contributed by atoms with Crippen LogP contribution >= 0.6 is 0 Å². The molecular weight excluding hydrogens is 517 g/mol. The first-order valence-corrected chi connectivity index (χ1v) is 13.2. The summed E-state index contributed by atoms with van der Waals surface area (Å²) in [5.41, 5.74) is 5.12. The fraction of sp³-hybridized carbons (Fsp3) is 0.152. The number of nitrogens with zero attached hydrogens (tertiary/aromatic N) is 3. The molecule has 0 bridgehead atoms. The molecule has 41 heavy (non-hydrogen) atoms. The highest BCUT2D eigenvalue weighted by molar-refractivity contribution is 6.01. The second-order valence-corrected chi connectivity index (χ2v) is 9.84. The molecule has 2 amide bonds. The van der Waals surface area contributed by atoms with E-state index < -0.39 is 29.6 Å². The van der Waals surface area contributed by atoms with Crippen LogP contribution in [-0.4, -0.2) is 32.6 Å². The minimum Gasteiger partial charge on any atom is -0.338 e. The van der Waals surface area contributed by atoms with Crippen molar-refractivity contribution >= 4 is 17.5 Å². The van der Waals surface area contributed by atoms with Gasteiger partial charge in [0.25, 0.3) is 5.91 Å². The molecule has 0 aliphatic heterocycles. The van der Waals surface area contributed by atoms with Crippen molar-refractivity contribution in [1.82, 2.24) is 20.1 Å². The summed E-state index contributed by atoms with van der Waals surface area (Å²) in [6.07, 6.45) is 3.17. The van der Waals surface area contributed by atoms with Gasteiger partial charge in [-0.1, -0.05) is 60.7 Å². The lowest BCUT2D eigenvalue weighted by atomic mass is 9.84. The first-order chi connectivity index (χ1) is 19.8. The molecule has 2 heterocycles. The monoisotopic (exact) mass is 547 g/mol. The molecule has 2 N–H and O–H groups in total. The van der Waals surface area contributed by atoms with E-state index in [0.29, 0.717) is 11.3 Å². The number of pyridine rings is 1. The van der Waals surface area contributed by atoms with E-state index >= 15 is 4.39 Å². The van der Waals surface area contributed by atoms with Gasteiger partial charge in [0.1, 0.15) is 17.6 Å². The van der Waals surface area contributed by atoms with Gasteiger partial charge in [-0.05, 0) is 66.4 Å². The summed E-state index contributed by atoms with van der Waals surface area (Å²) in [5.74, 6) is -1.94. The van der Waals surface area contributed by atoms with Crippen molar-refractivity contribution in [3.8, 4) is 11.1 Å². The van der Waals surface area contributed by atoms with Crippen LogP contribution in [0.5, 0.6) is 0 Å². The number of anilines is 1. The molecule has 5 aromatic rings. The maximum atomic E-state index is 15.4. The Kier molecular flexibility index (Phi) is 8.01. The molecule has 3 aromatic carbocycles. The third kappa shape index (κ3) is 5.91. The Morgan fingerprint density at radius 3 is 2.07 bits per heavy atom. The predicted molar refractivity (Wildman–Crippen MR) is 157 cm³/mol. The van der Waals surface area contributed by atoms with E-state index in [-0.39, 0.29) is 5.69 Å². The zero-order valence-corrected chi connectivity index (χ0v) is 23.0. The molecule has 7 nitrogen and oxygen atoms in total. The molecule has 206 valence electrons. The van der Waals surface area contributed by atoms with Crippen LogP contribution in [0.3, 0.4) is 0 Å². The zero-order chi connectivity index (χ0) is 28.9. The summed E-state index contributed by atoms with van der Waals surface area (Å²) in [5, 5.41) is 9.86. The van der Waals surface area contributed by atoms with Crippen LogP contribution in [-0.2, 0) is 11.8 Å². The zero-order valence-electron chi connectivity index (χ0n) is 23.0. The second-order valence-electron chi connectivity index (χ2n) is 9.84. The fourth-order valence-corrected chi connectivity index (χ4v) is 4.97. The van der Waals surface area contributed by atoms with Crippen molar-refractivity contribution in [1.29, 1.82) is 0 Å². The quantitative estimate of drug-likeness (QED) is 0.257. The number of halogens is 1. The Morgan fingerprint density at radius 2 is 1.49 bits per heavy atom. The van der Waals surface area contributed by atoms with Crippen LogP contribution in [0.1, 0.15) is 38.8 Å². The van der Waals surface area contributed by atoms with E-state index in [1.165, 1.54) is 16.9 Å². The molecule has 8 heteroatoms. The molecule has 0 saturated heterocycles. The number of hydrogen-bond donors (Lipinski definition) is 2. The van der Waals surface area contributed by atoms with Crippen LogP contribution in [0.15, 0.2) is 103 Å². The third-order valence-electron chi connectivity index (χ3n) is 7.26. The van der Waals surface area contributed by atoms with Gasteiger partial charge in [0, 0.05) is 42.3 Å². The average Bonchev–Trinajstić information content (AvgIpc) is 3.41. The largest absolute Gasteiger partial charge is 0.338 e. The molecule has 0 aliphatic carbocycles. The Labute approximate surface area is 238 Å². The lowest BCUT2D eigenvalue weighted by Crippen LogP contribution is -2.48. The van der Waals surface area contributed by atoms with Crippen molar-refractivity contribution in [2.24, 2.45) is 7.05 Å². The van der Waals surface area contributed by atoms with Crippen LogP contribution in [0.2, 0.25) is 0 Å². The highest BCUT2D eigenvalue weighted by Crippen LogP contribution is 2.31. The normalized spacial score (nSPS) is 11.7. The number of nitrogens with one attached hydrogen (secondary N) is 2. The Balaban J connectivity index is 1.51. The number of benzene rings is 3. The van der Waals surface area contributed by atoms with E-state index in [1.807, 2.05) is 74.5 Å². The van der Waals surface area contributed by atoms with Crippen LogP contribution in [0.4, 0.5) is 10.1 Å². The summed E-state index contributed by atoms with van der Waals surface area (Å²) in [6, 6.07) is 25.9. The number of rotatable bonds is 8. The molecule has 0 spiro atoms. The molecule has 2 aromatic heterocycles. The summed E-state index contributed by atoms with van der Waals surface area (Å²) in [6.45, 7) is 3.77. The summed E-state index contributed by atoms with van der Waals surface area (Å²) in [4.78, 5) is 31.6. The van der Waals surface area contributed by atoms with Gasteiger partial charge in [0.15, 0.2) is 0 Å². The number of hydrogen-bond acceptors (Lipinski definition) is 4. The maximum absolute atomic E-state index is 15.4. The SMILES string of the molecule is Cc1nccc(-c2ccc(NC(=O)[C@@H](NC(=O)c3ccnn3C)C(c3ccccc3)c3ccccc3)cc2F)c1C. The van der Waals surface area contributed by atoms with Crippen molar-refractivity contribution in [3.05, 3.63) is 137 Å². The minimum absolute atomic E-state index is 0.277. The standard InChI is InChI=1S/C33H30FN5O2/c1-21-22(2)35-18-16-26(21)27-15-14-25(20-28(27)34)37-33(41)31(38-32(40)29-17-19-36-39(29)3)30(23-10-6-4-7-11-23)24-12-8-5-9-13-24/h4-20,30-31H,1-3H3,(H,37,41)(H,38,40)/t31-/m0/s1. The van der Waals surface area contributed by atoms with Gasteiger partial charge in [-0.2, -0.15) is 5.10 Å². The van der Waals surface area contributed by atoms with Crippen molar-refractivity contribution in [3.63, 3.8) is 0 Å². The third-order valence-corrected chi connectivity index (χ3v) is 7.26. The molecule has 5 rings (SSSR count). The van der Waals surface area contributed by atoms with Gasteiger partial charge in [-0.15, -0.1) is 0 Å². The Bertz CT molecular complexity index is 1650. The van der Waals surface area contributed by atoms with Gasteiger partial charge in [-0.25, -0.2) is 4.39 Å². The molecule has 0 fully saturated rings. The van der Waals surface area contributed by atoms with E-state index in [9.17, 15) is 9.59 Å². The smallest absolute Gasteiger partial charge is 0.270 e. The maximum Gasteiger partial charge on any atom is 0.270 e. The van der Waals surface area contributed by atoms with Crippen LogP contribution in [0, 0.1) is 19.7 Å². The lowest BCUT2D eigenvalue weighted by Gasteiger charge is -2.28. The second kappa shape index (κ2) is 12.0. The minimum atomic E-state index is -1.03. The van der Waals surface area contributed by atoms with Gasteiger partial charge < -0.3 is 10.6 Å². The highest BCUT2D eigenvalue weighted by atomic mass is 19.1. The topological polar surface area (TPSA) is 88.9 Å². The Hall–Kier alpha value is -5.11. The van der Waals surface area contributed by atoms with Gasteiger partial charge in [-0.3, -0.25) is 19.3 Å². The number of carbonyl (C=O) groups excluding carboxylic acids is 2. The summed E-state index contributed by atoms with van der Waals surface area (Å²) < 4.78 is 16.8. The number of aryl methyl sites for hydroxylation is 2. The van der Waals surface area contributed by atoms with Gasteiger partial charge >= 0.3 is 0 Å². The van der Waals surface area contributed by atoms with E-state index in [2.05, 4.69) is 20.7 Å². The number of aromatic nitrogens is 3. The number of amides is 2. The van der Waals surface area contributed by atoms with E-state index in [4.69, 9.17) is 0 Å². The molecular formula is C33H30FN5O2. The fourth-order valence-electron chi connectivity index (χ4n) is 4.97. The summed E-state index contributed by atoms with van der Waals surface area (Å²) >= 11 is 0. The molecule has 1 atom stereocenters. The lowest BCUT2D eigenvalue weighted by molar-refractivity contribution is -0.118. The van der Waals surface area contributed by atoms with Crippen molar-refractivity contribution in [2.45, 2.75) is 25.8 Å². The first kappa shape index (κ1) is 27.5. The van der Waals surface area contributed by atoms with E-state index in [1.54, 1.807) is 37.5 Å². The Morgan fingerprint density at radius 1 is 0.829 bits per heavy atom. The average molecular weight is 548 g/mol.